The molecular formula is C14H22Cl2N2O2S. The Bertz CT molecular complexity index is 583. The Balaban J connectivity index is 0.00000220. The molecule has 1 aliphatic rings. The molecule has 2 rings (SSSR count). The van der Waals surface area contributed by atoms with E-state index in [1.807, 2.05) is 13.8 Å². The van der Waals surface area contributed by atoms with Crippen LogP contribution >= 0.6 is 24.0 Å². The number of benzene rings is 1. The van der Waals surface area contributed by atoms with Gasteiger partial charge in [-0.1, -0.05) is 17.7 Å². The maximum atomic E-state index is 12.6. The smallest absolute Gasteiger partial charge is 0.244 e. The van der Waals surface area contributed by atoms with Gasteiger partial charge >= 0.3 is 0 Å². The summed E-state index contributed by atoms with van der Waals surface area (Å²) in [6.45, 7) is 4.89. The number of aryl methyl sites for hydroxylation is 1. The summed E-state index contributed by atoms with van der Waals surface area (Å²) in [7, 11) is -3.50. The lowest BCUT2D eigenvalue weighted by Gasteiger charge is -2.33. The molecule has 1 atom stereocenters. The summed E-state index contributed by atoms with van der Waals surface area (Å²) in [6, 6.07) is 5.16. The van der Waals surface area contributed by atoms with E-state index in [1.54, 1.807) is 18.2 Å². The van der Waals surface area contributed by atoms with Gasteiger partial charge in [-0.25, -0.2) is 8.42 Å². The number of halogens is 2. The molecule has 1 aromatic carbocycles. The molecule has 0 saturated carbocycles. The van der Waals surface area contributed by atoms with Crippen LogP contribution in [0.15, 0.2) is 23.1 Å². The van der Waals surface area contributed by atoms with Crippen molar-refractivity contribution in [3.05, 3.63) is 28.8 Å². The molecule has 1 unspecified atom stereocenters. The molecule has 1 saturated heterocycles. The van der Waals surface area contributed by atoms with E-state index in [0.717, 1.165) is 18.4 Å². The lowest BCUT2D eigenvalue weighted by Crippen LogP contribution is -2.42. The summed E-state index contributed by atoms with van der Waals surface area (Å²) in [4.78, 5) is 0.198. The van der Waals surface area contributed by atoms with Crippen LogP contribution in [0.25, 0.3) is 0 Å². The molecule has 120 valence electrons. The van der Waals surface area contributed by atoms with Crippen LogP contribution in [0.1, 0.15) is 25.3 Å². The second-order valence-electron chi connectivity index (χ2n) is 5.53. The van der Waals surface area contributed by atoms with Gasteiger partial charge in [0.1, 0.15) is 4.90 Å². The Kier molecular flexibility index (Phi) is 6.50. The minimum Gasteiger partial charge on any atom is -0.328 e. The summed E-state index contributed by atoms with van der Waals surface area (Å²) in [5.41, 5.74) is 6.83. The van der Waals surface area contributed by atoms with E-state index in [1.165, 1.54) is 4.31 Å². The topological polar surface area (TPSA) is 63.4 Å². The van der Waals surface area contributed by atoms with Gasteiger partial charge in [0.25, 0.3) is 0 Å². The van der Waals surface area contributed by atoms with Gasteiger partial charge in [0, 0.05) is 19.1 Å². The first-order chi connectivity index (χ1) is 9.32. The van der Waals surface area contributed by atoms with E-state index in [2.05, 4.69) is 0 Å². The Labute approximate surface area is 138 Å². The average molecular weight is 353 g/mol. The van der Waals surface area contributed by atoms with Crippen LogP contribution in [0.3, 0.4) is 0 Å². The summed E-state index contributed by atoms with van der Waals surface area (Å²) in [6.07, 6.45) is 1.61. The molecule has 7 heteroatoms. The standard InChI is InChI=1S/C14H21ClN2O2S.ClH/c1-10-3-4-14(13(15)9-10)20(18,19)17-7-5-12(6-8-17)11(2)16;/h3-4,9,11-12H,5-8,16H2,1-2H3;1H. The molecular weight excluding hydrogens is 331 g/mol. The van der Waals surface area contributed by atoms with Crippen LogP contribution in [0.2, 0.25) is 5.02 Å². The first-order valence-corrected chi connectivity index (χ1v) is 8.66. The van der Waals surface area contributed by atoms with Gasteiger partial charge in [-0.05, 0) is 50.3 Å². The van der Waals surface area contributed by atoms with Crippen molar-refractivity contribution in [2.45, 2.75) is 37.6 Å². The van der Waals surface area contributed by atoms with Gasteiger partial charge in [0.15, 0.2) is 0 Å². The zero-order valence-electron chi connectivity index (χ0n) is 12.3. The minimum absolute atomic E-state index is 0. The van der Waals surface area contributed by atoms with Crippen LogP contribution in [0, 0.1) is 12.8 Å². The highest BCUT2D eigenvalue weighted by molar-refractivity contribution is 7.89. The summed E-state index contributed by atoms with van der Waals surface area (Å²) in [5, 5.41) is 0.291. The molecule has 0 radical (unpaired) electrons. The zero-order valence-corrected chi connectivity index (χ0v) is 14.6. The third-order valence-corrected chi connectivity index (χ3v) is 6.33. The lowest BCUT2D eigenvalue weighted by molar-refractivity contribution is 0.250. The van der Waals surface area contributed by atoms with Crippen molar-refractivity contribution >= 4 is 34.0 Å². The number of nitrogens with zero attached hydrogens (tertiary/aromatic N) is 1. The highest BCUT2D eigenvalue weighted by atomic mass is 35.5. The molecule has 2 N–H and O–H groups in total. The summed E-state index contributed by atoms with van der Waals surface area (Å²) < 4.78 is 26.7. The maximum absolute atomic E-state index is 12.6. The number of piperidine rings is 1. The molecule has 1 aliphatic heterocycles. The molecule has 21 heavy (non-hydrogen) atoms. The molecule has 1 aromatic rings. The van der Waals surface area contributed by atoms with Gasteiger partial charge in [-0.2, -0.15) is 4.31 Å². The van der Waals surface area contributed by atoms with E-state index in [0.29, 0.717) is 24.0 Å². The van der Waals surface area contributed by atoms with Crippen molar-refractivity contribution in [1.29, 1.82) is 0 Å². The normalized spacial score (nSPS) is 19.0. The SMILES string of the molecule is Cc1ccc(S(=O)(=O)N2CCC(C(C)N)CC2)c(Cl)c1.Cl. The van der Waals surface area contributed by atoms with Gasteiger partial charge < -0.3 is 5.73 Å². The maximum Gasteiger partial charge on any atom is 0.244 e. The molecule has 0 aliphatic carbocycles. The van der Waals surface area contributed by atoms with Crippen LogP contribution < -0.4 is 5.73 Å². The largest absolute Gasteiger partial charge is 0.328 e. The van der Waals surface area contributed by atoms with Crippen LogP contribution in [0.4, 0.5) is 0 Å². The third kappa shape index (κ3) is 4.11. The summed E-state index contributed by atoms with van der Waals surface area (Å²) in [5.74, 6) is 0.398. The molecule has 1 heterocycles. The van der Waals surface area contributed by atoms with Crippen LogP contribution in [-0.4, -0.2) is 31.9 Å². The van der Waals surface area contributed by atoms with Gasteiger partial charge in [0.2, 0.25) is 10.0 Å². The first-order valence-electron chi connectivity index (χ1n) is 6.84. The number of hydrogen-bond donors (Lipinski definition) is 1. The minimum atomic E-state index is -3.50. The number of rotatable bonds is 3. The van der Waals surface area contributed by atoms with Crippen molar-refractivity contribution in [2.24, 2.45) is 11.7 Å². The molecule has 1 fully saturated rings. The van der Waals surface area contributed by atoms with Gasteiger partial charge in [-0.15, -0.1) is 12.4 Å². The van der Waals surface area contributed by atoms with Crippen molar-refractivity contribution in [3.8, 4) is 0 Å². The highest BCUT2D eigenvalue weighted by Crippen LogP contribution is 2.29. The van der Waals surface area contributed by atoms with Crippen LogP contribution in [0.5, 0.6) is 0 Å². The van der Waals surface area contributed by atoms with Crippen molar-refractivity contribution in [3.63, 3.8) is 0 Å². The van der Waals surface area contributed by atoms with E-state index in [9.17, 15) is 8.42 Å². The predicted octanol–water partition coefficient (Wildman–Crippen LogP) is 2.82. The molecule has 0 bridgehead atoms. The Morgan fingerprint density at radius 2 is 1.90 bits per heavy atom. The quantitative estimate of drug-likeness (QED) is 0.909. The number of hydrogen-bond acceptors (Lipinski definition) is 3. The molecule has 4 nitrogen and oxygen atoms in total. The second-order valence-corrected chi connectivity index (χ2v) is 7.85. The van der Waals surface area contributed by atoms with Crippen molar-refractivity contribution in [2.75, 3.05) is 13.1 Å². The van der Waals surface area contributed by atoms with E-state index >= 15 is 0 Å². The molecule has 0 aromatic heterocycles. The third-order valence-electron chi connectivity index (χ3n) is 3.95. The predicted molar refractivity (Wildman–Crippen MR) is 88.6 cm³/mol. The van der Waals surface area contributed by atoms with Gasteiger partial charge in [-0.3, -0.25) is 0 Å². The van der Waals surface area contributed by atoms with Gasteiger partial charge in [0.05, 0.1) is 5.02 Å². The van der Waals surface area contributed by atoms with Crippen LogP contribution in [-0.2, 0) is 10.0 Å². The monoisotopic (exact) mass is 352 g/mol. The fraction of sp³-hybridized carbons (Fsp3) is 0.571. The summed E-state index contributed by atoms with van der Waals surface area (Å²) >= 11 is 6.09. The average Bonchev–Trinajstić information content (AvgIpc) is 2.38. The Hall–Kier alpha value is -0.330. The molecule has 0 amide bonds. The fourth-order valence-electron chi connectivity index (χ4n) is 2.60. The second kappa shape index (κ2) is 7.29. The number of nitrogens with two attached hydrogens (primary N) is 1. The zero-order chi connectivity index (χ0) is 14.9. The van der Waals surface area contributed by atoms with Crippen molar-refractivity contribution < 1.29 is 8.42 Å². The first kappa shape index (κ1) is 18.7. The van der Waals surface area contributed by atoms with E-state index in [4.69, 9.17) is 17.3 Å². The fourth-order valence-corrected chi connectivity index (χ4v) is 4.64. The Morgan fingerprint density at radius 1 is 1.33 bits per heavy atom. The highest BCUT2D eigenvalue weighted by Gasteiger charge is 2.31. The van der Waals surface area contributed by atoms with E-state index < -0.39 is 10.0 Å². The van der Waals surface area contributed by atoms with Crippen molar-refractivity contribution in [1.82, 2.24) is 4.31 Å². The Morgan fingerprint density at radius 3 is 2.38 bits per heavy atom. The molecule has 0 spiro atoms. The van der Waals surface area contributed by atoms with E-state index in [-0.39, 0.29) is 23.3 Å². The number of sulfonamides is 1. The lowest BCUT2D eigenvalue weighted by atomic mass is 9.92.